The predicted molar refractivity (Wildman–Crippen MR) is 104 cm³/mol. The molecule has 0 aromatic heterocycles. The molecule has 1 heterocycles. The van der Waals surface area contributed by atoms with Crippen LogP contribution in [0.1, 0.15) is 51.0 Å². The molecule has 27 heavy (non-hydrogen) atoms. The molecule has 2 aliphatic rings. The summed E-state index contributed by atoms with van der Waals surface area (Å²) in [6.45, 7) is 4.49. The molecule has 6 heteroatoms. The van der Waals surface area contributed by atoms with Gasteiger partial charge in [-0.25, -0.2) is 4.79 Å². The molecule has 2 N–H and O–H groups in total. The number of carbonyl (C=O) groups is 2. The highest BCUT2D eigenvalue weighted by Gasteiger charge is 2.50. The van der Waals surface area contributed by atoms with Crippen molar-refractivity contribution in [3.05, 3.63) is 35.9 Å². The lowest BCUT2D eigenvalue weighted by molar-refractivity contribution is -0.149. The van der Waals surface area contributed by atoms with Crippen LogP contribution in [0.2, 0.25) is 0 Å². The third kappa shape index (κ3) is 4.10. The van der Waals surface area contributed by atoms with Gasteiger partial charge in [0.25, 0.3) is 0 Å². The van der Waals surface area contributed by atoms with Crippen LogP contribution in [-0.2, 0) is 4.79 Å². The summed E-state index contributed by atoms with van der Waals surface area (Å²) < 4.78 is 0. The van der Waals surface area contributed by atoms with Gasteiger partial charge in [-0.05, 0) is 25.3 Å². The van der Waals surface area contributed by atoms with Gasteiger partial charge in [0, 0.05) is 32.0 Å². The van der Waals surface area contributed by atoms with Gasteiger partial charge >= 0.3 is 6.03 Å². The number of likely N-dealkylation sites (tertiary alicyclic amines) is 1. The zero-order valence-electron chi connectivity index (χ0n) is 16.3. The second-order valence-electron chi connectivity index (χ2n) is 7.65. The first kappa shape index (κ1) is 19.7. The Morgan fingerprint density at radius 2 is 1.85 bits per heavy atom. The molecule has 3 rings (SSSR count). The van der Waals surface area contributed by atoms with E-state index in [0.29, 0.717) is 13.1 Å². The van der Waals surface area contributed by atoms with Crippen LogP contribution in [0, 0.1) is 0 Å². The van der Waals surface area contributed by atoms with E-state index >= 15 is 0 Å². The number of urea groups is 1. The topological polar surface area (TPSA) is 72.9 Å². The fourth-order valence-corrected chi connectivity index (χ4v) is 4.65. The molecule has 3 atom stereocenters. The molecule has 2 fully saturated rings. The standard InChI is InChI=1S/C21H31N3O3/c1-3-23(21(27)22-17-11-7-8-12-17)13-18-20(16-9-5-4-6-10-16)19(14-25)24(18)15(2)26/h4-6,9-10,17-20,25H,3,7-8,11-14H2,1-2H3,(H,22,27)/t18-,19-,20-/m1/s1. The molecule has 1 aliphatic heterocycles. The number of nitrogens with zero attached hydrogens (tertiary/aromatic N) is 2. The van der Waals surface area contributed by atoms with Gasteiger partial charge in [-0.2, -0.15) is 0 Å². The zero-order chi connectivity index (χ0) is 19.4. The van der Waals surface area contributed by atoms with Crippen molar-refractivity contribution in [2.75, 3.05) is 19.7 Å². The van der Waals surface area contributed by atoms with Crippen LogP contribution in [0.25, 0.3) is 0 Å². The minimum atomic E-state index is -0.230. The average Bonchev–Trinajstić information content (AvgIpc) is 3.14. The Kier molecular flexibility index (Phi) is 6.37. The Labute approximate surface area is 161 Å². The molecule has 1 saturated heterocycles. The van der Waals surface area contributed by atoms with Crippen molar-refractivity contribution in [2.24, 2.45) is 0 Å². The number of aliphatic hydroxyl groups excluding tert-OH is 1. The normalized spacial score (nSPS) is 25.1. The number of amides is 3. The molecule has 148 valence electrons. The summed E-state index contributed by atoms with van der Waals surface area (Å²) >= 11 is 0. The molecule has 0 unspecified atom stereocenters. The molecule has 0 bridgehead atoms. The molecular formula is C21H31N3O3. The monoisotopic (exact) mass is 373 g/mol. The quantitative estimate of drug-likeness (QED) is 0.804. The zero-order valence-corrected chi connectivity index (χ0v) is 16.3. The van der Waals surface area contributed by atoms with E-state index in [2.05, 4.69) is 5.32 Å². The molecule has 0 spiro atoms. The van der Waals surface area contributed by atoms with Crippen molar-refractivity contribution >= 4 is 11.9 Å². The lowest BCUT2D eigenvalue weighted by Crippen LogP contribution is -2.68. The fraction of sp³-hybridized carbons (Fsp3) is 0.619. The SMILES string of the molecule is CCN(C[C@@H]1[C@@H](c2ccccc2)[C@@H](CO)N1C(C)=O)C(=O)NC1CCCC1. The maximum absolute atomic E-state index is 12.7. The van der Waals surface area contributed by atoms with E-state index < -0.39 is 0 Å². The van der Waals surface area contributed by atoms with Crippen molar-refractivity contribution < 1.29 is 14.7 Å². The number of hydrogen-bond acceptors (Lipinski definition) is 3. The maximum Gasteiger partial charge on any atom is 0.317 e. The average molecular weight is 373 g/mol. The van der Waals surface area contributed by atoms with Crippen molar-refractivity contribution in [3.63, 3.8) is 0 Å². The van der Waals surface area contributed by atoms with Gasteiger partial charge in [0.1, 0.15) is 0 Å². The second kappa shape index (κ2) is 8.74. The molecule has 6 nitrogen and oxygen atoms in total. The van der Waals surface area contributed by atoms with E-state index in [0.717, 1.165) is 18.4 Å². The number of nitrogens with one attached hydrogen (secondary N) is 1. The fourth-order valence-electron chi connectivity index (χ4n) is 4.65. The second-order valence-corrected chi connectivity index (χ2v) is 7.65. The Morgan fingerprint density at radius 3 is 2.41 bits per heavy atom. The van der Waals surface area contributed by atoms with Crippen LogP contribution in [-0.4, -0.2) is 64.7 Å². The molecule has 0 radical (unpaired) electrons. The number of benzene rings is 1. The van der Waals surface area contributed by atoms with Gasteiger partial charge in [0.15, 0.2) is 0 Å². The van der Waals surface area contributed by atoms with Gasteiger partial charge in [-0.1, -0.05) is 43.2 Å². The Morgan fingerprint density at radius 1 is 1.19 bits per heavy atom. The number of rotatable bonds is 6. The minimum Gasteiger partial charge on any atom is -0.394 e. The van der Waals surface area contributed by atoms with E-state index in [-0.39, 0.29) is 42.6 Å². The summed E-state index contributed by atoms with van der Waals surface area (Å²) in [5.74, 6) is -0.0214. The molecular weight excluding hydrogens is 342 g/mol. The van der Waals surface area contributed by atoms with E-state index in [9.17, 15) is 14.7 Å². The van der Waals surface area contributed by atoms with Crippen molar-refractivity contribution in [1.29, 1.82) is 0 Å². The molecule has 1 aromatic rings. The Hall–Kier alpha value is -2.08. The van der Waals surface area contributed by atoms with E-state index in [1.165, 1.54) is 19.8 Å². The lowest BCUT2D eigenvalue weighted by Gasteiger charge is -2.55. The molecule has 1 aromatic carbocycles. The van der Waals surface area contributed by atoms with Crippen LogP contribution in [0.3, 0.4) is 0 Å². The summed E-state index contributed by atoms with van der Waals surface area (Å²) in [7, 11) is 0. The van der Waals surface area contributed by atoms with E-state index in [1.807, 2.05) is 37.3 Å². The molecule has 3 amide bonds. The minimum absolute atomic E-state index is 0.0356. The lowest BCUT2D eigenvalue weighted by atomic mass is 9.75. The molecule has 1 saturated carbocycles. The van der Waals surface area contributed by atoms with Gasteiger partial charge in [-0.3, -0.25) is 4.79 Å². The third-order valence-electron chi connectivity index (χ3n) is 6.04. The van der Waals surface area contributed by atoms with Gasteiger partial charge in [0.05, 0.1) is 18.7 Å². The summed E-state index contributed by atoms with van der Waals surface area (Å²) in [6, 6.07) is 9.85. The highest BCUT2D eigenvalue weighted by molar-refractivity contribution is 5.77. The first-order valence-electron chi connectivity index (χ1n) is 10.1. The van der Waals surface area contributed by atoms with Crippen molar-refractivity contribution in [1.82, 2.24) is 15.1 Å². The number of hydrogen-bond donors (Lipinski definition) is 2. The number of aliphatic hydroxyl groups is 1. The number of carbonyl (C=O) groups excluding carboxylic acids is 2. The highest BCUT2D eigenvalue weighted by Crippen LogP contribution is 2.41. The van der Waals surface area contributed by atoms with Crippen LogP contribution in [0.15, 0.2) is 30.3 Å². The maximum atomic E-state index is 12.7. The Bertz CT molecular complexity index is 645. The summed E-state index contributed by atoms with van der Waals surface area (Å²) in [6.07, 6.45) is 4.44. The van der Waals surface area contributed by atoms with Crippen molar-refractivity contribution in [2.45, 2.75) is 63.6 Å². The highest BCUT2D eigenvalue weighted by atomic mass is 16.3. The summed E-state index contributed by atoms with van der Waals surface area (Å²) in [5, 5.41) is 13.0. The Balaban J connectivity index is 1.75. The first-order valence-corrected chi connectivity index (χ1v) is 10.1. The van der Waals surface area contributed by atoms with Crippen LogP contribution in [0.4, 0.5) is 4.79 Å². The van der Waals surface area contributed by atoms with Gasteiger partial charge in [0.2, 0.25) is 5.91 Å². The third-order valence-corrected chi connectivity index (χ3v) is 6.04. The molecule has 1 aliphatic carbocycles. The van der Waals surface area contributed by atoms with Crippen LogP contribution in [0.5, 0.6) is 0 Å². The van der Waals surface area contributed by atoms with E-state index in [1.54, 1.807) is 9.80 Å². The van der Waals surface area contributed by atoms with E-state index in [4.69, 9.17) is 0 Å². The van der Waals surface area contributed by atoms with Crippen LogP contribution < -0.4 is 5.32 Å². The van der Waals surface area contributed by atoms with Gasteiger partial charge < -0.3 is 20.2 Å². The smallest absolute Gasteiger partial charge is 0.317 e. The summed E-state index contributed by atoms with van der Waals surface area (Å²) in [4.78, 5) is 28.5. The predicted octanol–water partition coefficient (Wildman–Crippen LogP) is 2.34. The first-order chi connectivity index (χ1) is 13.1. The largest absolute Gasteiger partial charge is 0.394 e. The van der Waals surface area contributed by atoms with Crippen LogP contribution >= 0.6 is 0 Å². The van der Waals surface area contributed by atoms with Gasteiger partial charge in [-0.15, -0.1) is 0 Å². The number of likely N-dealkylation sites (N-methyl/N-ethyl adjacent to an activating group) is 1. The van der Waals surface area contributed by atoms with Crippen molar-refractivity contribution in [3.8, 4) is 0 Å². The summed E-state index contributed by atoms with van der Waals surface area (Å²) in [5.41, 5.74) is 1.10.